The van der Waals surface area contributed by atoms with Gasteiger partial charge in [0.2, 0.25) is 0 Å². The lowest BCUT2D eigenvalue weighted by Crippen LogP contribution is -2.27. The molecule has 0 N–H and O–H groups in total. The van der Waals surface area contributed by atoms with E-state index in [1.54, 1.807) is 0 Å². The highest BCUT2D eigenvalue weighted by molar-refractivity contribution is 9.10. The molecule has 1 saturated heterocycles. The van der Waals surface area contributed by atoms with Crippen molar-refractivity contribution in [3.05, 3.63) is 92.6 Å². The summed E-state index contributed by atoms with van der Waals surface area (Å²) < 4.78 is 3.11. The summed E-state index contributed by atoms with van der Waals surface area (Å²) in [6.45, 7) is 4.34. The number of aryl methyl sites for hydroxylation is 1. The highest BCUT2D eigenvalue weighted by Crippen LogP contribution is 2.34. The van der Waals surface area contributed by atoms with Crippen LogP contribution in [0.3, 0.4) is 0 Å². The van der Waals surface area contributed by atoms with Gasteiger partial charge in [0, 0.05) is 21.5 Å². The number of aromatic nitrogens is 1. The molecule has 29 heavy (non-hydrogen) atoms. The Morgan fingerprint density at radius 1 is 1.00 bits per heavy atom. The van der Waals surface area contributed by atoms with Crippen molar-refractivity contribution in [3.8, 4) is 5.69 Å². The monoisotopic (exact) mass is 466 g/mol. The average Bonchev–Trinajstić information content (AvgIpc) is 3.14. The minimum Gasteiger partial charge on any atom is -0.318 e. The Bertz CT molecular complexity index is 1120. The molecular weight excluding hydrogens is 448 g/mol. The van der Waals surface area contributed by atoms with E-state index < -0.39 is 0 Å². The number of benzene rings is 2. The fourth-order valence-corrected chi connectivity index (χ4v) is 4.55. The Morgan fingerprint density at radius 3 is 2.38 bits per heavy atom. The number of hydrogen-bond donors (Lipinski definition) is 0. The van der Waals surface area contributed by atoms with Gasteiger partial charge in [-0.05, 0) is 73.1 Å². The molecule has 1 aromatic heterocycles. The molecule has 4 rings (SSSR count). The quantitative estimate of drug-likeness (QED) is 0.436. The molecule has 2 aromatic carbocycles. The lowest BCUT2D eigenvalue weighted by molar-refractivity contribution is -0.123. The maximum atomic E-state index is 12.9. The second-order valence-corrected chi connectivity index (χ2v) is 8.80. The molecule has 1 fully saturated rings. The molecule has 2 amide bonds. The average molecular weight is 467 g/mol. The molecule has 0 unspecified atom stereocenters. The van der Waals surface area contributed by atoms with Crippen molar-refractivity contribution >= 4 is 44.9 Å². The SMILES string of the molecule is Cc1cc(/C=C2\SC(=O)N(Cc3ccc(Br)cc3)C2=O)c(C)n1-c1ccccc1. The summed E-state index contributed by atoms with van der Waals surface area (Å²) in [4.78, 5) is 27.1. The van der Waals surface area contributed by atoms with E-state index in [2.05, 4.69) is 32.6 Å². The summed E-state index contributed by atoms with van der Waals surface area (Å²) in [6, 6.07) is 19.8. The van der Waals surface area contributed by atoms with Crippen molar-refractivity contribution in [3.63, 3.8) is 0 Å². The fourth-order valence-electron chi connectivity index (χ4n) is 3.46. The van der Waals surface area contributed by atoms with Gasteiger partial charge in [0.05, 0.1) is 11.4 Å². The number of imide groups is 1. The van der Waals surface area contributed by atoms with E-state index >= 15 is 0 Å². The lowest BCUT2D eigenvalue weighted by atomic mass is 10.2. The van der Waals surface area contributed by atoms with Gasteiger partial charge in [-0.3, -0.25) is 14.5 Å². The molecule has 0 radical (unpaired) electrons. The zero-order valence-corrected chi connectivity index (χ0v) is 18.5. The van der Waals surface area contributed by atoms with Gasteiger partial charge in [-0.1, -0.05) is 46.3 Å². The molecular formula is C23H19BrN2O2S. The van der Waals surface area contributed by atoms with Gasteiger partial charge in [-0.2, -0.15) is 0 Å². The first-order valence-corrected chi connectivity index (χ1v) is 10.8. The van der Waals surface area contributed by atoms with Crippen LogP contribution in [0.2, 0.25) is 0 Å². The van der Waals surface area contributed by atoms with Crippen LogP contribution in [0.5, 0.6) is 0 Å². The van der Waals surface area contributed by atoms with Crippen LogP contribution >= 0.6 is 27.7 Å². The predicted molar refractivity (Wildman–Crippen MR) is 121 cm³/mol. The summed E-state index contributed by atoms with van der Waals surface area (Å²) in [7, 11) is 0. The standard InChI is InChI=1S/C23H19BrN2O2S/c1-15-12-18(16(2)26(15)20-6-4-3-5-7-20)13-21-22(27)25(23(28)29-21)14-17-8-10-19(24)11-9-17/h3-13H,14H2,1-2H3/b21-13-. The van der Waals surface area contributed by atoms with Gasteiger partial charge in [-0.25, -0.2) is 0 Å². The molecule has 1 aliphatic rings. The van der Waals surface area contributed by atoms with E-state index in [0.29, 0.717) is 4.91 Å². The number of rotatable bonds is 4. The van der Waals surface area contributed by atoms with Gasteiger partial charge >= 0.3 is 0 Å². The highest BCUT2D eigenvalue weighted by atomic mass is 79.9. The van der Waals surface area contributed by atoms with Crippen LogP contribution in [-0.2, 0) is 11.3 Å². The zero-order chi connectivity index (χ0) is 20.5. The maximum Gasteiger partial charge on any atom is 0.293 e. The predicted octanol–water partition coefficient (Wildman–Crippen LogP) is 6.09. The van der Waals surface area contributed by atoms with Gasteiger partial charge in [0.1, 0.15) is 0 Å². The summed E-state index contributed by atoms with van der Waals surface area (Å²) in [5.74, 6) is -0.243. The highest BCUT2D eigenvalue weighted by Gasteiger charge is 2.35. The summed E-state index contributed by atoms with van der Waals surface area (Å²) in [5.41, 5.74) is 5.05. The third kappa shape index (κ3) is 3.95. The molecule has 0 saturated carbocycles. The Balaban J connectivity index is 1.62. The Hall–Kier alpha value is -2.57. The van der Waals surface area contributed by atoms with Gasteiger partial charge in [0.25, 0.3) is 11.1 Å². The number of halogens is 1. The topological polar surface area (TPSA) is 42.3 Å². The first kappa shape index (κ1) is 19.7. The summed E-state index contributed by atoms with van der Waals surface area (Å²) >= 11 is 4.40. The van der Waals surface area contributed by atoms with Gasteiger partial charge in [0.15, 0.2) is 0 Å². The first-order chi connectivity index (χ1) is 13.9. The molecule has 2 heterocycles. The normalized spacial score (nSPS) is 15.6. The van der Waals surface area contributed by atoms with Crippen molar-refractivity contribution in [2.45, 2.75) is 20.4 Å². The van der Waals surface area contributed by atoms with E-state index in [1.807, 2.05) is 68.5 Å². The largest absolute Gasteiger partial charge is 0.318 e. The van der Waals surface area contributed by atoms with Crippen LogP contribution in [0.1, 0.15) is 22.5 Å². The van der Waals surface area contributed by atoms with Crippen LogP contribution in [0.15, 0.2) is 70.0 Å². The van der Waals surface area contributed by atoms with Crippen LogP contribution in [0, 0.1) is 13.8 Å². The minimum atomic E-state index is -0.243. The maximum absolute atomic E-state index is 12.9. The van der Waals surface area contributed by atoms with E-state index in [1.165, 1.54) is 4.90 Å². The number of nitrogens with zero attached hydrogens (tertiary/aromatic N) is 2. The molecule has 0 atom stereocenters. The van der Waals surface area contributed by atoms with Gasteiger partial charge in [-0.15, -0.1) is 0 Å². The number of carbonyl (C=O) groups excluding carboxylic acids is 2. The number of amides is 2. The van der Waals surface area contributed by atoms with Crippen LogP contribution in [-0.4, -0.2) is 20.6 Å². The van der Waals surface area contributed by atoms with Crippen molar-refractivity contribution < 1.29 is 9.59 Å². The number of hydrogen-bond acceptors (Lipinski definition) is 3. The molecule has 0 spiro atoms. The molecule has 4 nitrogen and oxygen atoms in total. The van der Waals surface area contributed by atoms with E-state index in [9.17, 15) is 9.59 Å². The third-order valence-electron chi connectivity index (χ3n) is 4.90. The molecule has 3 aromatic rings. The smallest absolute Gasteiger partial charge is 0.293 e. The Labute approximate surface area is 182 Å². The van der Waals surface area contributed by atoms with E-state index in [-0.39, 0.29) is 17.7 Å². The minimum absolute atomic E-state index is 0.235. The van der Waals surface area contributed by atoms with Crippen LogP contribution < -0.4 is 0 Å². The Kier molecular flexibility index (Phi) is 5.48. The van der Waals surface area contributed by atoms with Gasteiger partial charge < -0.3 is 4.57 Å². The first-order valence-electron chi connectivity index (χ1n) is 9.18. The molecule has 0 bridgehead atoms. The van der Waals surface area contributed by atoms with Crippen molar-refractivity contribution in [2.24, 2.45) is 0 Å². The van der Waals surface area contributed by atoms with E-state index in [0.717, 1.165) is 44.4 Å². The Morgan fingerprint density at radius 2 is 1.69 bits per heavy atom. The summed E-state index contributed by atoms with van der Waals surface area (Å²) in [5, 5.41) is -0.235. The second-order valence-electron chi connectivity index (χ2n) is 6.89. The molecule has 1 aliphatic heterocycles. The van der Waals surface area contributed by atoms with Crippen molar-refractivity contribution in [1.29, 1.82) is 0 Å². The third-order valence-corrected chi connectivity index (χ3v) is 6.33. The zero-order valence-electron chi connectivity index (χ0n) is 16.1. The summed E-state index contributed by atoms with van der Waals surface area (Å²) in [6.07, 6.45) is 1.83. The van der Waals surface area contributed by atoms with Crippen LogP contribution in [0.25, 0.3) is 11.8 Å². The number of thioether (sulfide) groups is 1. The van der Waals surface area contributed by atoms with Crippen molar-refractivity contribution in [1.82, 2.24) is 9.47 Å². The molecule has 6 heteroatoms. The lowest BCUT2D eigenvalue weighted by Gasteiger charge is -2.12. The fraction of sp³-hybridized carbons (Fsp3) is 0.130. The van der Waals surface area contributed by atoms with Crippen LogP contribution in [0.4, 0.5) is 4.79 Å². The van der Waals surface area contributed by atoms with Crippen molar-refractivity contribution in [2.75, 3.05) is 0 Å². The van der Waals surface area contributed by atoms with E-state index in [4.69, 9.17) is 0 Å². The molecule has 146 valence electrons. The molecule has 0 aliphatic carbocycles. The number of para-hydroxylation sites is 1. The second kappa shape index (κ2) is 8.05. The number of carbonyl (C=O) groups is 2.